The highest BCUT2D eigenvalue weighted by atomic mass is 32.2. The van der Waals surface area contributed by atoms with Crippen molar-refractivity contribution in [2.45, 2.75) is 30.9 Å². The quantitative estimate of drug-likeness (QED) is 0.490. The van der Waals surface area contributed by atoms with Crippen LogP contribution in [0.15, 0.2) is 46.8 Å². The highest BCUT2D eigenvalue weighted by Crippen LogP contribution is 2.29. The molecule has 0 aliphatic heterocycles. The first kappa shape index (κ1) is 20.7. The molecule has 5 nitrogen and oxygen atoms in total. The van der Waals surface area contributed by atoms with Crippen molar-refractivity contribution >= 4 is 33.9 Å². The average Bonchev–Trinajstić information content (AvgIpc) is 3.11. The molecule has 148 valence electrons. The summed E-state index contributed by atoms with van der Waals surface area (Å²) in [6.07, 6.45) is -0.670. The number of thioether (sulfide) groups is 1. The van der Waals surface area contributed by atoms with Crippen molar-refractivity contribution in [2.75, 3.05) is 17.7 Å². The van der Waals surface area contributed by atoms with Crippen LogP contribution in [0, 0.1) is 19.7 Å². The molecule has 2 aromatic carbocycles. The van der Waals surface area contributed by atoms with Crippen molar-refractivity contribution in [1.29, 1.82) is 0 Å². The fraction of sp³-hybridized carbons (Fsp3) is 0.300. The Morgan fingerprint density at radius 3 is 2.82 bits per heavy atom. The van der Waals surface area contributed by atoms with Crippen LogP contribution in [-0.2, 0) is 11.3 Å². The summed E-state index contributed by atoms with van der Waals surface area (Å²) in [6, 6.07) is 12.6. The number of ether oxygens (including phenoxy) is 1. The van der Waals surface area contributed by atoms with E-state index in [1.165, 1.54) is 34.7 Å². The zero-order valence-corrected chi connectivity index (χ0v) is 17.3. The summed E-state index contributed by atoms with van der Waals surface area (Å²) in [5.41, 5.74) is 3.84. The van der Waals surface area contributed by atoms with Gasteiger partial charge in [-0.15, -0.1) is 10.2 Å². The maximum atomic E-state index is 13.5. The summed E-state index contributed by atoms with van der Waals surface area (Å²) in [5.74, 6) is 0.124. The Balaban J connectivity index is 1.43. The minimum Gasteiger partial charge on any atom is -0.390 e. The van der Waals surface area contributed by atoms with Crippen LogP contribution in [0.25, 0.3) is 0 Å². The van der Waals surface area contributed by atoms with Gasteiger partial charge in [-0.1, -0.05) is 59.0 Å². The number of aromatic nitrogens is 2. The predicted molar refractivity (Wildman–Crippen MR) is 112 cm³/mol. The smallest absolute Gasteiger partial charge is 0.210 e. The molecule has 1 heterocycles. The second-order valence-corrected chi connectivity index (χ2v) is 8.63. The molecule has 8 heteroatoms. The van der Waals surface area contributed by atoms with Gasteiger partial charge in [0.15, 0.2) is 4.34 Å². The van der Waals surface area contributed by atoms with Gasteiger partial charge in [0.2, 0.25) is 5.13 Å². The Labute approximate surface area is 172 Å². The lowest BCUT2D eigenvalue weighted by molar-refractivity contribution is 0.0387. The molecule has 0 spiro atoms. The molecule has 2 N–H and O–H groups in total. The zero-order chi connectivity index (χ0) is 19.9. The van der Waals surface area contributed by atoms with Gasteiger partial charge in [-0.05, 0) is 31.5 Å². The summed E-state index contributed by atoms with van der Waals surface area (Å²) in [5, 5.41) is 22.3. The lowest BCUT2D eigenvalue weighted by Gasteiger charge is -2.10. The molecule has 0 unspecified atom stereocenters. The summed E-state index contributed by atoms with van der Waals surface area (Å²) in [6.45, 7) is 4.37. The second kappa shape index (κ2) is 9.97. The van der Waals surface area contributed by atoms with E-state index in [0.717, 1.165) is 15.6 Å². The Morgan fingerprint density at radius 1 is 1.21 bits per heavy atom. The van der Waals surface area contributed by atoms with Crippen LogP contribution < -0.4 is 5.32 Å². The van der Waals surface area contributed by atoms with E-state index < -0.39 is 6.10 Å². The largest absolute Gasteiger partial charge is 0.390 e. The first-order valence-corrected chi connectivity index (χ1v) is 10.6. The van der Waals surface area contributed by atoms with E-state index in [0.29, 0.717) is 16.4 Å². The Bertz CT molecular complexity index is 920. The molecular formula is C20H22FN3O2S2. The number of rotatable bonds is 9. The highest BCUT2D eigenvalue weighted by Gasteiger charge is 2.11. The topological polar surface area (TPSA) is 67.3 Å². The molecular weight excluding hydrogens is 397 g/mol. The van der Waals surface area contributed by atoms with E-state index in [4.69, 9.17) is 4.74 Å². The third kappa shape index (κ3) is 6.00. The van der Waals surface area contributed by atoms with Crippen molar-refractivity contribution < 1.29 is 14.2 Å². The first-order valence-electron chi connectivity index (χ1n) is 8.81. The minimum atomic E-state index is -0.670. The normalized spacial score (nSPS) is 12.1. The van der Waals surface area contributed by atoms with Gasteiger partial charge in [0.25, 0.3) is 0 Å². The van der Waals surface area contributed by atoms with Gasteiger partial charge in [-0.25, -0.2) is 4.39 Å². The second-order valence-electron chi connectivity index (χ2n) is 6.39. The Hall–Kier alpha value is -2.00. The van der Waals surface area contributed by atoms with Crippen LogP contribution >= 0.6 is 23.1 Å². The molecule has 0 aliphatic carbocycles. The van der Waals surface area contributed by atoms with Gasteiger partial charge in [0, 0.05) is 17.0 Å². The lowest BCUT2D eigenvalue weighted by atomic mass is 10.1. The molecule has 0 bridgehead atoms. The van der Waals surface area contributed by atoms with Crippen LogP contribution in [0.5, 0.6) is 0 Å². The van der Waals surface area contributed by atoms with Gasteiger partial charge in [-0.2, -0.15) is 0 Å². The number of halogens is 1. The average molecular weight is 420 g/mol. The van der Waals surface area contributed by atoms with Gasteiger partial charge in [-0.3, -0.25) is 0 Å². The highest BCUT2D eigenvalue weighted by molar-refractivity contribution is 8.01. The van der Waals surface area contributed by atoms with Crippen LogP contribution in [0.4, 0.5) is 15.2 Å². The molecule has 0 saturated carbocycles. The summed E-state index contributed by atoms with van der Waals surface area (Å²) in [7, 11) is 0. The lowest BCUT2D eigenvalue weighted by Crippen LogP contribution is -2.18. The number of aliphatic hydroxyl groups excluding tert-OH is 1. The predicted octanol–water partition coefficient (Wildman–Crippen LogP) is 4.71. The molecule has 0 amide bonds. The Morgan fingerprint density at radius 2 is 2.04 bits per heavy atom. The van der Waals surface area contributed by atoms with Crippen LogP contribution in [-0.4, -0.2) is 33.8 Å². The van der Waals surface area contributed by atoms with Crippen molar-refractivity contribution in [3.05, 3.63) is 65.0 Å². The molecule has 0 saturated heterocycles. The standard InChI is InChI=1S/C20H22FN3O2S2/c1-13-7-8-18(14(2)9-13)22-19-23-24-20(28-19)27-12-16(25)11-26-10-15-5-3-4-6-17(15)21/h3-9,16,25H,10-12H2,1-2H3,(H,22,23)/t16-/m0/s1. The summed E-state index contributed by atoms with van der Waals surface area (Å²) in [4.78, 5) is 0. The monoisotopic (exact) mass is 419 g/mol. The minimum absolute atomic E-state index is 0.133. The third-order valence-corrected chi connectivity index (χ3v) is 6.07. The molecule has 0 aliphatic rings. The van der Waals surface area contributed by atoms with E-state index in [2.05, 4.69) is 28.5 Å². The van der Waals surface area contributed by atoms with Crippen LogP contribution in [0.3, 0.4) is 0 Å². The number of nitrogens with zero attached hydrogens (tertiary/aromatic N) is 2. The number of aryl methyl sites for hydroxylation is 2. The van der Waals surface area contributed by atoms with Crippen molar-refractivity contribution in [3.63, 3.8) is 0 Å². The van der Waals surface area contributed by atoms with Crippen LogP contribution in [0.1, 0.15) is 16.7 Å². The van der Waals surface area contributed by atoms with E-state index in [-0.39, 0.29) is 19.0 Å². The molecule has 3 rings (SSSR count). The number of nitrogens with one attached hydrogen (secondary N) is 1. The summed E-state index contributed by atoms with van der Waals surface area (Å²) >= 11 is 2.85. The molecule has 3 aromatic rings. The first-order chi connectivity index (χ1) is 13.5. The third-order valence-electron chi connectivity index (χ3n) is 3.95. The molecule has 1 aromatic heterocycles. The van der Waals surface area contributed by atoms with Crippen LogP contribution in [0.2, 0.25) is 0 Å². The molecule has 1 atom stereocenters. The number of aliphatic hydroxyl groups is 1. The zero-order valence-electron chi connectivity index (χ0n) is 15.7. The SMILES string of the molecule is Cc1ccc(Nc2nnc(SC[C@@H](O)COCc3ccccc3F)s2)c(C)c1. The number of anilines is 2. The molecule has 28 heavy (non-hydrogen) atoms. The van der Waals surface area contributed by atoms with Crippen molar-refractivity contribution in [3.8, 4) is 0 Å². The fourth-order valence-corrected chi connectivity index (χ4v) is 4.22. The van der Waals surface area contributed by atoms with Gasteiger partial charge < -0.3 is 15.2 Å². The number of hydrogen-bond acceptors (Lipinski definition) is 7. The van der Waals surface area contributed by atoms with Crippen molar-refractivity contribution in [2.24, 2.45) is 0 Å². The maximum absolute atomic E-state index is 13.5. The number of hydrogen-bond donors (Lipinski definition) is 2. The van der Waals surface area contributed by atoms with Gasteiger partial charge >= 0.3 is 0 Å². The van der Waals surface area contributed by atoms with E-state index in [9.17, 15) is 9.50 Å². The van der Waals surface area contributed by atoms with Crippen molar-refractivity contribution in [1.82, 2.24) is 10.2 Å². The maximum Gasteiger partial charge on any atom is 0.210 e. The van der Waals surface area contributed by atoms with Gasteiger partial charge in [0.1, 0.15) is 5.82 Å². The van der Waals surface area contributed by atoms with E-state index in [1.807, 2.05) is 19.1 Å². The number of benzene rings is 2. The fourth-order valence-electron chi connectivity index (χ4n) is 2.52. The summed E-state index contributed by atoms with van der Waals surface area (Å²) < 4.78 is 19.7. The van der Waals surface area contributed by atoms with E-state index in [1.54, 1.807) is 18.2 Å². The molecule has 0 radical (unpaired) electrons. The van der Waals surface area contributed by atoms with E-state index >= 15 is 0 Å². The van der Waals surface area contributed by atoms with Gasteiger partial charge in [0.05, 0.1) is 19.3 Å². The Kier molecular flexibility index (Phi) is 7.38. The molecule has 0 fully saturated rings.